The molecular weight excluding hydrogens is 248 g/mol. The average Bonchev–Trinajstić information content (AvgIpc) is 2.43. The van der Waals surface area contributed by atoms with E-state index >= 15 is 0 Å². The lowest BCUT2D eigenvalue weighted by Crippen LogP contribution is -1.81. The van der Waals surface area contributed by atoms with Crippen LogP contribution >= 0.6 is 0 Å². The molecule has 0 fully saturated rings. The molecule has 0 aliphatic carbocycles. The van der Waals surface area contributed by atoms with Gasteiger partial charge < -0.3 is 10.2 Å². The van der Waals surface area contributed by atoms with Gasteiger partial charge in [0.2, 0.25) is 0 Å². The highest BCUT2D eigenvalue weighted by Gasteiger charge is 1.91. The van der Waals surface area contributed by atoms with Crippen molar-refractivity contribution in [3.05, 3.63) is 36.3 Å². The van der Waals surface area contributed by atoms with Crippen LogP contribution in [0.2, 0.25) is 0 Å². The topological polar surface area (TPSA) is 40.5 Å². The van der Waals surface area contributed by atoms with Crippen molar-refractivity contribution < 1.29 is 10.2 Å². The number of hydrogen-bond acceptors (Lipinski definition) is 2. The number of hydrogen-bond donors (Lipinski definition) is 2. The Balaban J connectivity index is 3.18. The van der Waals surface area contributed by atoms with E-state index in [2.05, 4.69) is 13.0 Å². The second-order valence-corrected chi connectivity index (χ2v) is 5.31. The van der Waals surface area contributed by atoms with E-state index in [-0.39, 0.29) is 0 Å². The van der Waals surface area contributed by atoms with Gasteiger partial charge in [0.25, 0.3) is 5.95 Å². The van der Waals surface area contributed by atoms with Gasteiger partial charge in [0.05, 0.1) is 0 Å². The molecule has 0 aliphatic heterocycles. The fraction of sp³-hybridized carbons (Fsp3) is 0.667. The smallest absolute Gasteiger partial charge is 0.274 e. The van der Waals surface area contributed by atoms with Gasteiger partial charge in [0, 0.05) is 6.08 Å². The quantitative estimate of drug-likeness (QED) is 0.234. The summed E-state index contributed by atoms with van der Waals surface area (Å²) in [6.45, 7) is 2.26. The van der Waals surface area contributed by atoms with Gasteiger partial charge in [0.1, 0.15) is 0 Å². The average molecular weight is 280 g/mol. The molecule has 0 aromatic carbocycles. The SMILES string of the molecule is CCCCCCCCCCCCC=CC=CC=C(O)O. The van der Waals surface area contributed by atoms with Crippen LogP contribution in [0.1, 0.15) is 77.6 Å². The maximum Gasteiger partial charge on any atom is 0.274 e. The molecule has 2 nitrogen and oxygen atoms in total. The van der Waals surface area contributed by atoms with E-state index in [4.69, 9.17) is 10.2 Å². The molecule has 0 aromatic heterocycles. The predicted molar refractivity (Wildman–Crippen MR) is 88.1 cm³/mol. The van der Waals surface area contributed by atoms with Crippen molar-refractivity contribution in [2.75, 3.05) is 0 Å². The zero-order valence-electron chi connectivity index (χ0n) is 13.1. The van der Waals surface area contributed by atoms with Gasteiger partial charge in [0.15, 0.2) is 0 Å². The van der Waals surface area contributed by atoms with Gasteiger partial charge in [-0.3, -0.25) is 0 Å². The van der Waals surface area contributed by atoms with Crippen molar-refractivity contribution in [3.63, 3.8) is 0 Å². The molecule has 0 radical (unpaired) electrons. The van der Waals surface area contributed by atoms with E-state index in [0.717, 1.165) is 6.42 Å². The summed E-state index contributed by atoms with van der Waals surface area (Å²) < 4.78 is 0. The first kappa shape index (κ1) is 18.8. The summed E-state index contributed by atoms with van der Waals surface area (Å²) >= 11 is 0. The fourth-order valence-electron chi connectivity index (χ4n) is 2.13. The zero-order chi connectivity index (χ0) is 14.9. The minimum atomic E-state index is -0.649. The maximum absolute atomic E-state index is 8.50. The molecule has 0 rings (SSSR count). The third-order valence-electron chi connectivity index (χ3n) is 3.33. The van der Waals surface area contributed by atoms with E-state index in [9.17, 15) is 0 Å². The molecule has 0 saturated heterocycles. The van der Waals surface area contributed by atoms with Crippen molar-refractivity contribution in [2.45, 2.75) is 77.6 Å². The molecule has 0 atom stereocenters. The van der Waals surface area contributed by atoms with Crippen molar-refractivity contribution in [1.82, 2.24) is 0 Å². The van der Waals surface area contributed by atoms with Gasteiger partial charge >= 0.3 is 0 Å². The standard InChI is InChI=1S/C18H32O2/c1-2-3-4-5-6-7-8-9-10-11-12-13-14-15-16-17-18(19)20/h13-17,19-20H,2-12H2,1H3. The van der Waals surface area contributed by atoms with E-state index in [1.807, 2.05) is 12.2 Å². The van der Waals surface area contributed by atoms with Crippen LogP contribution in [0.3, 0.4) is 0 Å². The molecule has 2 heteroatoms. The third-order valence-corrected chi connectivity index (χ3v) is 3.33. The van der Waals surface area contributed by atoms with Crippen molar-refractivity contribution >= 4 is 0 Å². The number of rotatable bonds is 13. The molecule has 0 aromatic rings. The van der Waals surface area contributed by atoms with Crippen molar-refractivity contribution in [2.24, 2.45) is 0 Å². The minimum Gasteiger partial charge on any atom is -0.481 e. The molecule has 116 valence electrons. The van der Waals surface area contributed by atoms with Crippen LogP contribution in [0.5, 0.6) is 0 Å². The molecule has 0 saturated carbocycles. The number of aliphatic hydroxyl groups is 2. The van der Waals surface area contributed by atoms with E-state index in [0.29, 0.717) is 0 Å². The van der Waals surface area contributed by atoms with Crippen LogP contribution in [0.25, 0.3) is 0 Å². The molecular formula is C18H32O2. The van der Waals surface area contributed by atoms with Crippen LogP contribution in [-0.2, 0) is 0 Å². The Morgan fingerprint density at radius 3 is 1.80 bits per heavy atom. The Hall–Kier alpha value is -1.18. The van der Waals surface area contributed by atoms with Gasteiger partial charge in [-0.05, 0) is 12.8 Å². The van der Waals surface area contributed by atoms with E-state index in [1.54, 1.807) is 6.08 Å². The monoisotopic (exact) mass is 280 g/mol. The Morgan fingerprint density at radius 1 is 0.700 bits per heavy atom. The Bertz CT molecular complexity index is 273. The van der Waals surface area contributed by atoms with Crippen LogP contribution in [0, 0.1) is 0 Å². The predicted octanol–water partition coefficient (Wildman–Crippen LogP) is 6.37. The molecule has 0 spiro atoms. The zero-order valence-corrected chi connectivity index (χ0v) is 13.1. The van der Waals surface area contributed by atoms with Gasteiger partial charge in [-0.25, -0.2) is 0 Å². The van der Waals surface area contributed by atoms with Gasteiger partial charge in [-0.1, -0.05) is 89.0 Å². The fourth-order valence-corrected chi connectivity index (χ4v) is 2.13. The second-order valence-electron chi connectivity index (χ2n) is 5.31. The Labute approximate surface area is 124 Å². The molecule has 0 heterocycles. The summed E-state index contributed by atoms with van der Waals surface area (Å²) in [7, 11) is 0. The highest BCUT2D eigenvalue weighted by molar-refractivity contribution is 5.10. The van der Waals surface area contributed by atoms with Crippen LogP contribution in [0.15, 0.2) is 36.3 Å². The van der Waals surface area contributed by atoms with Crippen molar-refractivity contribution in [3.8, 4) is 0 Å². The molecule has 0 aliphatic rings. The molecule has 20 heavy (non-hydrogen) atoms. The molecule has 0 amide bonds. The van der Waals surface area contributed by atoms with Crippen LogP contribution < -0.4 is 0 Å². The molecule has 0 unspecified atom stereocenters. The van der Waals surface area contributed by atoms with Crippen molar-refractivity contribution in [1.29, 1.82) is 0 Å². The highest BCUT2D eigenvalue weighted by Crippen LogP contribution is 2.11. The summed E-state index contributed by atoms with van der Waals surface area (Å²) in [5.41, 5.74) is 0. The maximum atomic E-state index is 8.50. The first-order valence-corrected chi connectivity index (χ1v) is 8.18. The summed E-state index contributed by atoms with van der Waals surface area (Å²) in [5.74, 6) is -0.649. The largest absolute Gasteiger partial charge is 0.481 e. The number of allylic oxidation sites excluding steroid dienone is 5. The third kappa shape index (κ3) is 16.8. The van der Waals surface area contributed by atoms with E-state index in [1.165, 1.54) is 70.3 Å². The normalized spacial score (nSPS) is 11.4. The summed E-state index contributed by atoms with van der Waals surface area (Å²) in [5, 5.41) is 17.0. The molecule has 2 N–H and O–H groups in total. The lowest BCUT2D eigenvalue weighted by molar-refractivity contribution is 0.191. The first-order valence-electron chi connectivity index (χ1n) is 8.18. The summed E-state index contributed by atoms with van der Waals surface area (Å²) in [4.78, 5) is 0. The molecule has 0 bridgehead atoms. The number of aliphatic hydroxyl groups excluding tert-OH is 1. The van der Waals surface area contributed by atoms with E-state index < -0.39 is 5.95 Å². The Morgan fingerprint density at radius 2 is 1.25 bits per heavy atom. The first-order chi connectivity index (χ1) is 9.77. The number of unbranched alkanes of at least 4 members (excludes halogenated alkanes) is 10. The summed E-state index contributed by atoms with van der Waals surface area (Å²) in [6, 6.07) is 0. The Kier molecular flexibility index (Phi) is 14.9. The lowest BCUT2D eigenvalue weighted by atomic mass is 10.1. The lowest BCUT2D eigenvalue weighted by Gasteiger charge is -2.01. The van der Waals surface area contributed by atoms with Gasteiger partial charge in [-0.2, -0.15) is 0 Å². The minimum absolute atomic E-state index is 0.649. The summed E-state index contributed by atoms with van der Waals surface area (Å²) in [6.07, 6.45) is 23.6. The second kappa shape index (κ2) is 15.9. The van der Waals surface area contributed by atoms with Gasteiger partial charge in [-0.15, -0.1) is 0 Å². The van der Waals surface area contributed by atoms with Crippen LogP contribution in [0.4, 0.5) is 0 Å². The highest BCUT2D eigenvalue weighted by atomic mass is 16.5. The van der Waals surface area contributed by atoms with Crippen LogP contribution in [-0.4, -0.2) is 10.2 Å².